The number of hydrogen-bond donors (Lipinski definition) is 0. The number of benzene rings is 2. The van der Waals surface area contributed by atoms with Crippen molar-refractivity contribution in [3.05, 3.63) is 82.4 Å². The van der Waals surface area contributed by atoms with Gasteiger partial charge in [-0.1, -0.05) is 12.2 Å². The van der Waals surface area contributed by atoms with Crippen molar-refractivity contribution < 1.29 is 26.3 Å². The van der Waals surface area contributed by atoms with Crippen LogP contribution in [0, 0.1) is 46.7 Å². The standard InChI is InChI=1S/C20H12F6/c21-15-5-11(6-16(22)19(15)25)13-4-10-2-1-9(13)3-14(10)12-7-17(23)20(26)18(24)8-12/h3-10H,1-2H2. The van der Waals surface area contributed by atoms with Gasteiger partial charge in [-0.15, -0.1) is 0 Å². The van der Waals surface area contributed by atoms with Crippen LogP contribution in [0.25, 0.3) is 11.1 Å². The van der Waals surface area contributed by atoms with Crippen LogP contribution in [0.1, 0.15) is 24.0 Å². The average molecular weight is 366 g/mol. The molecular weight excluding hydrogens is 354 g/mol. The predicted molar refractivity (Wildman–Crippen MR) is 84.8 cm³/mol. The van der Waals surface area contributed by atoms with E-state index in [2.05, 4.69) is 0 Å². The smallest absolute Gasteiger partial charge is 0.194 e. The van der Waals surface area contributed by atoms with Gasteiger partial charge in [-0.25, -0.2) is 26.3 Å². The molecule has 0 aromatic heterocycles. The fraction of sp³-hybridized carbons (Fsp3) is 0.200. The molecule has 2 aromatic carbocycles. The van der Waals surface area contributed by atoms with Gasteiger partial charge in [0.15, 0.2) is 34.9 Å². The molecule has 0 amide bonds. The van der Waals surface area contributed by atoms with Gasteiger partial charge < -0.3 is 0 Å². The number of rotatable bonds is 2. The van der Waals surface area contributed by atoms with Gasteiger partial charge in [-0.2, -0.15) is 0 Å². The van der Waals surface area contributed by atoms with Crippen molar-refractivity contribution in [2.75, 3.05) is 0 Å². The molecule has 2 atom stereocenters. The summed E-state index contributed by atoms with van der Waals surface area (Å²) >= 11 is 0. The summed E-state index contributed by atoms with van der Waals surface area (Å²) in [4.78, 5) is 0. The number of fused-ring (bicyclic) bond motifs is 1. The predicted octanol–water partition coefficient (Wildman–Crippen LogP) is 6.03. The third-order valence-electron chi connectivity index (χ3n) is 4.98. The first-order valence-electron chi connectivity index (χ1n) is 8.08. The van der Waals surface area contributed by atoms with E-state index in [0.717, 1.165) is 24.3 Å². The molecule has 0 nitrogen and oxygen atoms in total. The van der Waals surface area contributed by atoms with Gasteiger partial charge in [0.2, 0.25) is 0 Å². The third-order valence-corrected chi connectivity index (χ3v) is 4.98. The van der Waals surface area contributed by atoms with Crippen LogP contribution >= 0.6 is 0 Å². The highest BCUT2D eigenvalue weighted by molar-refractivity contribution is 5.82. The zero-order chi connectivity index (χ0) is 18.6. The van der Waals surface area contributed by atoms with E-state index >= 15 is 0 Å². The van der Waals surface area contributed by atoms with Gasteiger partial charge in [0, 0.05) is 11.8 Å². The van der Waals surface area contributed by atoms with Crippen LogP contribution in [0.4, 0.5) is 26.3 Å². The second-order valence-electron chi connectivity index (χ2n) is 6.54. The molecule has 0 saturated carbocycles. The largest absolute Gasteiger partial charge is 0.204 e. The van der Waals surface area contributed by atoms with E-state index in [1.807, 2.05) is 0 Å². The lowest BCUT2D eigenvalue weighted by molar-refractivity contribution is 0.445. The quantitative estimate of drug-likeness (QED) is 0.450. The zero-order valence-electron chi connectivity index (χ0n) is 13.3. The van der Waals surface area contributed by atoms with Crippen molar-refractivity contribution in [2.45, 2.75) is 12.8 Å². The Morgan fingerprint density at radius 2 is 0.846 bits per heavy atom. The Bertz CT molecular complexity index is 847. The van der Waals surface area contributed by atoms with E-state index in [1.165, 1.54) is 0 Å². The van der Waals surface area contributed by atoms with E-state index in [1.54, 1.807) is 12.2 Å². The molecule has 2 bridgehead atoms. The maximum atomic E-state index is 13.5. The molecule has 0 fully saturated rings. The maximum Gasteiger partial charge on any atom is 0.194 e. The lowest BCUT2D eigenvalue weighted by Gasteiger charge is -2.35. The van der Waals surface area contributed by atoms with Crippen molar-refractivity contribution in [3.8, 4) is 0 Å². The Morgan fingerprint density at radius 1 is 0.538 bits per heavy atom. The average Bonchev–Trinajstić information content (AvgIpc) is 2.63. The van der Waals surface area contributed by atoms with E-state index in [0.29, 0.717) is 24.0 Å². The molecule has 6 heteroatoms. The van der Waals surface area contributed by atoms with Crippen LogP contribution in [0.2, 0.25) is 0 Å². The first-order chi connectivity index (χ1) is 12.3. The molecule has 2 unspecified atom stereocenters. The van der Waals surface area contributed by atoms with E-state index in [-0.39, 0.29) is 23.0 Å². The fourth-order valence-electron chi connectivity index (χ4n) is 3.76. The molecule has 0 radical (unpaired) electrons. The molecule has 0 heterocycles. The van der Waals surface area contributed by atoms with Gasteiger partial charge in [0.05, 0.1) is 0 Å². The van der Waals surface area contributed by atoms with Crippen molar-refractivity contribution in [1.82, 2.24) is 0 Å². The molecule has 2 aromatic rings. The van der Waals surface area contributed by atoms with Gasteiger partial charge in [-0.05, 0) is 59.4 Å². The molecule has 5 rings (SSSR count). The third kappa shape index (κ3) is 2.64. The number of halogens is 6. The van der Waals surface area contributed by atoms with Crippen LogP contribution in [0.3, 0.4) is 0 Å². The van der Waals surface area contributed by atoms with Gasteiger partial charge in [0.1, 0.15) is 0 Å². The van der Waals surface area contributed by atoms with Crippen molar-refractivity contribution in [2.24, 2.45) is 11.8 Å². The van der Waals surface area contributed by atoms with Crippen molar-refractivity contribution >= 4 is 11.1 Å². The summed E-state index contributed by atoms with van der Waals surface area (Å²) in [6.07, 6.45) is 4.92. The Balaban J connectivity index is 1.73. The Morgan fingerprint density at radius 3 is 1.12 bits per heavy atom. The monoisotopic (exact) mass is 366 g/mol. The van der Waals surface area contributed by atoms with Crippen LogP contribution < -0.4 is 0 Å². The minimum Gasteiger partial charge on any atom is -0.204 e. The summed E-state index contributed by atoms with van der Waals surface area (Å²) in [7, 11) is 0. The molecule has 0 saturated heterocycles. The molecular formula is C20H12F6. The Kier molecular flexibility index (Phi) is 3.93. The highest BCUT2D eigenvalue weighted by Crippen LogP contribution is 2.47. The van der Waals surface area contributed by atoms with E-state index in [9.17, 15) is 26.3 Å². The lowest BCUT2D eigenvalue weighted by atomic mass is 9.69. The highest BCUT2D eigenvalue weighted by Gasteiger charge is 2.32. The highest BCUT2D eigenvalue weighted by atomic mass is 19.2. The minimum absolute atomic E-state index is 0.226. The molecule has 0 spiro atoms. The summed E-state index contributed by atoms with van der Waals surface area (Å²) in [5.74, 6) is -8.58. The summed E-state index contributed by atoms with van der Waals surface area (Å²) in [6, 6.07) is 3.76. The van der Waals surface area contributed by atoms with Crippen LogP contribution in [-0.4, -0.2) is 0 Å². The minimum atomic E-state index is -1.52. The molecule has 3 aliphatic rings. The lowest BCUT2D eigenvalue weighted by Crippen LogP contribution is -2.20. The summed E-state index contributed by atoms with van der Waals surface area (Å²) < 4.78 is 80.5. The summed E-state index contributed by atoms with van der Waals surface area (Å²) in [5, 5.41) is 0. The second kappa shape index (κ2) is 6.04. The van der Waals surface area contributed by atoms with Gasteiger partial charge in [-0.3, -0.25) is 0 Å². The molecule has 0 N–H and O–H groups in total. The molecule has 134 valence electrons. The number of allylic oxidation sites excluding steroid dienone is 4. The van der Waals surface area contributed by atoms with Crippen LogP contribution in [0.15, 0.2) is 36.4 Å². The van der Waals surface area contributed by atoms with Crippen LogP contribution in [-0.2, 0) is 0 Å². The Labute approximate surface area is 145 Å². The molecule has 3 aliphatic carbocycles. The first-order valence-corrected chi connectivity index (χ1v) is 8.08. The Hall–Kier alpha value is -2.50. The topological polar surface area (TPSA) is 0 Å². The molecule has 26 heavy (non-hydrogen) atoms. The SMILES string of the molecule is Fc1cc(C2=CC3CCC2C=C3c2cc(F)c(F)c(F)c2)cc(F)c1F. The first kappa shape index (κ1) is 16.9. The molecule has 0 aliphatic heterocycles. The van der Waals surface area contributed by atoms with Gasteiger partial charge >= 0.3 is 0 Å². The zero-order valence-corrected chi connectivity index (χ0v) is 13.3. The van der Waals surface area contributed by atoms with Gasteiger partial charge in [0.25, 0.3) is 0 Å². The normalized spacial score (nSPS) is 21.6. The summed E-state index contributed by atoms with van der Waals surface area (Å²) in [5.41, 5.74) is 1.77. The summed E-state index contributed by atoms with van der Waals surface area (Å²) in [6.45, 7) is 0. The number of hydrogen-bond acceptors (Lipinski definition) is 0. The van der Waals surface area contributed by atoms with E-state index < -0.39 is 34.9 Å². The van der Waals surface area contributed by atoms with Crippen LogP contribution in [0.5, 0.6) is 0 Å². The fourth-order valence-corrected chi connectivity index (χ4v) is 3.76. The maximum absolute atomic E-state index is 13.5. The van der Waals surface area contributed by atoms with E-state index in [4.69, 9.17) is 0 Å². The van der Waals surface area contributed by atoms with Crippen molar-refractivity contribution in [3.63, 3.8) is 0 Å². The van der Waals surface area contributed by atoms with Crippen molar-refractivity contribution in [1.29, 1.82) is 0 Å². The second-order valence-corrected chi connectivity index (χ2v) is 6.54.